The minimum Gasteiger partial charge on any atom is -0.482 e. The van der Waals surface area contributed by atoms with E-state index in [0.717, 1.165) is 41.3 Å². The maximum atomic E-state index is 13.3. The van der Waals surface area contributed by atoms with Gasteiger partial charge in [0.15, 0.2) is 6.61 Å². The smallest absolute Gasteiger partial charge is 0.261 e. The molecule has 0 heterocycles. The lowest BCUT2D eigenvalue weighted by atomic mass is 9.95. The first-order chi connectivity index (χ1) is 15.9. The molecular formula is C26H32BrClN2O3. The Labute approximate surface area is 210 Å². The van der Waals surface area contributed by atoms with Crippen LogP contribution in [0.15, 0.2) is 46.9 Å². The number of aryl methyl sites for hydroxylation is 1. The fraction of sp³-hybridized carbons (Fsp3) is 0.462. The van der Waals surface area contributed by atoms with Crippen molar-refractivity contribution in [1.82, 2.24) is 10.2 Å². The second-order valence-electron chi connectivity index (χ2n) is 8.64. The van der Waals surface area contributed by atoms with Gasteiger partial charge in [0.05, 0.1) is 5.02 Å². The quantitative estimate of drug-likeness (QED) is 0.425. The highest BCUT2D eigenvalue weighted by molar-refractivity contribution is 9.10. The van der Waals surface area contributed by atoms with E-state index in [1.54, 1.807) is 17.0 Å². The highest BCUT2D eigenvalue weighted by atomic mass is 79.9. The molecule has 0 saturated heterocycles. The Morgan fingerprint density at radius 2 is 1.85 bits per heavy atom. The third-order valence-electron chi connectivity index (χ3n) is 6.06. The van der Waals surface area contributed by atoms with Crippen LogP contribution in [0.2, 0.25) is 5.02 Å². The third-order valence-corrected chi connectivity index (χ3v) is 6.84. The molecule has 1 N–H and O–H groups in total. The lowest BCUT2D eigenvalue weighted by Crippen LogP contribution is -2.52. The Balaban J connectivity index is 1.76. The Morgan fingerprint density at radius 1 is 1.15 bits per heavy atom. The average molecular weight is 536 g/mol. The monoisotopic (exact) mass is 534 g/mol. The van der Waals surface area contributed by atoms with Crippen molar-refractivity contribution in [3.8, 4) is 5.75 Å². The van der Waals surface area contributed by atoms with E-state index in [4.69, 9.17) is 16.3 Å². The summed E-state index contributed by atoms with van der Waals surface area (Å²) in [6.07, 6.45) is 6.01. The third kappa shape index (κ3) is 7.47. The molecule has 33 heavy (non-hydrogen) atoms. The number of carbonyl (C=O) groups excluding carboxylic acids is 2. The largest absolute Gasteiger partial charge is 0.482 e. The summed E-state index contributed by atoms with van der Waals surface area (Å²) in [5.41, 5.74) is 2.12. The van der Waals surface area contributed by atoms with Gasteiger partial charge in [-0.2, -0.15) is 0 Å². The van der Waals surface area contributed by atoms with E-state index in [9.17, 15) is 9.59 Å². The molecular weight excluding hydrogens is 504 g/mol. The topological polar surface area (TPSA) is 58.6 Å². The predicted molar refractivity (Wildman–Crippen MR) is 135 cm³/mol. The van der Waals surface area contributed by atoms with Crippen molar-refractivity contribution in [2.24, 2.45) is 0 Å². The first kappa shape index (κ1) is 25.6. The fourth-order valence-electron chi connectivity index (χ4n) is 4.17. The van der Waals surface area contributed by atoms with Crippen LogP contribution >= 0.6 is 27.5 Å². The van der Waals surface area contributed by atoms with Crippen molar-refractivity contribution in [3.63, 3.8) is 0 Å². The number of carbonyl (C=O) groups is 2. The maximum absolute atomic E-state index is 13.3. The number of halogens is 2. The van der Waals surface area contributed by atoms with Gasteiger partial charge in [-0.05, 0) is 49.9 Å². The van der Waals surface area contributed by atoms with Gasteiger partial charge in [-0.3, -0.25) is 9.59 Å². The molecule has 178 valence electrons. The Hall–Kier alpha value is -2.05. The van der Waals surface area contributed by atoms with Crippen LogP contribution in [0.1, 0.15) is 56.6 Å². The van der Waals surface area contributed by atoms with Crippen molar-refractivity contribution >= 4 is 39.3 Å². The van der Waals surface area contributed by atoms with Gasteiger partial charge in [0.2, 0.25) is 5.91 Å². The van der Waals surface area contributed by atoms with Gasteiger partial charge in [-0.1, -0.05) is 83.5 Å². The molecule has 1 saturated carbocycles. The number of benzene rings is 2. The maximum Gasteiger partial charge on any atom is 0.261 e. The second-order valence-corrected chi connectivity index (χ2v) is 9.96. The summed E-state index contributed by atoms with van der Waals surface area (Å²) in [6, 6.07) is 12.9. The first-order valence-corrected chi connectivity index (χ1v) is 12.8. The molecule has 1 aliphatic carbocycles. The number of nitrogens with one attached hydrogen (secondary N) is 1. The van der Waals surface area contributed by atoms with E-state index in [-0.39, 0.29) is 24.5 Å². The SMILES string of the molecule is CCC(C(=O)NC1CCCCC1)N(Cc1ccc(C)cc1)C(=O)COc1ccc(Br)cc1Cl. The van der Waals surface area contributed by atoms with Gasteiger partial charge in [0.25, 0.3) is 5.91 Å². The predicted octanol–water partition coefficient (Wildman–Crippen LogP) is 6.05. The normalized spacial score (nSPS) is 15.0. The van der Waals surface area contributed by atoms with Crippen LogP contribution < -0.4 is 10.1 Å². The van der Waals surface area contributed by atoms with Crippen molar-refractivity contribution < 1.29 is 14.3 Å². The molecule has 0 aromatic heterocycles. The first-order valence-electron chi connectivity index (χ1n) is 11.6. The van der Waals surface area contributed by atoms with E-state index in [0.29, 0.717) is 23.7 Å². The molecule has 2 aromatic rings. The minimum absolute atomic E-state index is 0.0912. The lowest BCUT2D eigenvalue weighted by molar-refractivity contribution is -0.143. The van der Waals surface area contributed by atoms with Crippen LogP contribution in [0.25, 0.3) is 0 Å². The molecule has 1 atom stereocenters. The Bertz CT molecular complexity index is 945. The number of nitrogens with zero attached hydrogens (tertiary/aromatic N) is 1. The summed E-state index contributed by atoms with van der Waals surface area (Å²) in [6.45, 7) is 4.11. The molecule has 1 fully saturated rings. The summed E-state index contributed by atoms with van der Waals surface area (Å²) in [4.78, 5) is 28.2. The van der Waals surface area contributed by atoms with Crippen LogP contribution in [-0.2, 0) is 16.1 Å². The molecule has 1 unspecified atom stereocenters. The summed E-state index contributed by atoms with van der Waals surface area (Å²) in [5.74, 6) is 0.0925. The zero-order valence-corrected chi connectivity index (χ0v) is 21.6. The number of ether oxygens (including phenoxy) is 1. The Kier molecular flexibility index (Phi) is 9.63. The van der Waals surface area contributed by atoms with Gasteiger partial charge in [-0.15, -0.1) is 0 Å². The van der Waals surface area contributed by atoms with Gasteiger partial charge >= 0.3 is 0 Å². The molecule has 3 rings (SSSR count). The van der Waals surface area contributed by atoms with E-state index in [1.807, 2.05) is 44.2 Å². The van der Waals surface area contributed by atoms with Gasteiger partial charge < -0.3 is 15.0 Å². The highest BCUT2D eigenvalue weighted by Gasteiger charge is 2.30. The summed E-state index contributed by atoms with van der Waals surface area (Å²) in [7, 11) is 0. The van der Waals surface area contributed by atoms with Crippen molar-refractivity contribution in [3.05, 3.63) is 63.1 Å². The van der Waals surface area contributed by atoms with Crippen LogP contribution in [0.3, 0.4) is 0 Å². The molecule has 5 nitrogen and oxygen atoms in total. The Morgan fingerprint density at radius 3 is 2.48 bits per heavy atom. The number of hydrogen-bond donors (Lipinski definition) is 1. The molecule has 7 heteroatoms. The van der Waals surface area contributed by atoms with Gasteiger partial charge in [0.1, 0.15) is 11.8 Å². The van der Waals surface area contributed by atoms with Crippen molar-refractivity contribution in [2.75, 3.05) is 6.61 Å². The summed E-state index contributed by atoms with van der Waals surface area (Å²) in [5, 5.41) is 3.61. The summed E-state index contributed by atoms with van der Waals surface area (Å²) < 4.78 is 6.57. The molecule has 1 aliphatic rings. The fourth-order valence-corrected chi connectivity index (χ4v) is 4.90. The molecule has 2 aromatic carbocycles. The van der Waals surface area contributed by atoms with Crippen LogP contribution in [0.5, 0.6) is 5.75 Å². The molecule has 0 radical (unpaired) electrons. The van der Waals surface area contributed by atoms with Crippen molar-refractivity contribution in [2.45, 2.75) is 71.0 Å². The number of hydrogen-bond acceptors (Lipinski definition) is 3. The van der Waals surface area contributed by atoms with E-state index in [2.05, 4.69) is 21.2 Å². The summed E-state index contributed by atoms with van der Waals surface area (Å²) >= 11 is 9.61. The lowest BCUT2D eigenvalue weighted by Gasteiger charge is -2.32. The minimum atomic E-state index is -0.565. The van der Waals surface area contributed by atoms with Gasteiger partial charge in [0, 0.05) is 17.1 Å². The number of amides is 2. The molecule has 2 amide bonds. The van der Waals surface area contributed by atoms with E-state index < -0.39 is 6.04 Å². The van der Waals surface area contributed by atoms with Crippen molar-refractivity contribution in [1.29, 1.82) is 0 Å². The van der Waals surface area contributed by atoms with E-state index in [1.165, 1.54) is 6.42 Å². The van der Waals surface area contributed by atoms with E-state index >= 15 is 0 Å². The highest BCUT2D eigenvalue weighted by Crippen LogP contribution is 2.28. The van der Waals surface area contributed by atoms with Crippen LogP contribution in [0, 0.1) is 6.92 Å². The standard InChI is InChI=1S/C26H32BrClN2O3/c1-3-23(26(32)29-21-7-5-4-6-8-21)30(16-19-11-9-18(2)10-12-19)25(31)17-33-24-14-13-20(27)15-22(24)28/h9-15,21,23H,3-8,16-17H2,1-2H3,(H,29,32). The molecule has 0 bridgehead atoms. The van der Waals surface area contributed by atoms with Crippen LogP contribution in [0.4, 0.5) is 0 Å². The average Bonchev–Trinajstić information content (AvgIpc) is 2.80. The zero-order valence-electron chi connectivity index (χ0n) is 19.3. The zero-order chi connectivity index (χ0) is 23.8. The molecule has 0 spiro atoms. The van der Waals surface area contributed by atoms with Crippen LogP contribution in [-0.4, -0.2) is 35.4 Å². The molecule has 0 aliphatic heterocycles. The van der Waals surface area contributed by atoms with Gasteiger partial charge in [-0.25, -0.2) is 0 Å². The number of rotatable bonds is 9. The second kappa shape index (κ2) is 12.4.